The van der Waals surface area contributed by atoms with E-state index in [0.29, 0.717) is 24.4 Å². The Morgan fingerprint density at radius 1 is 1.20 bits per heavy atom. The molecule has 20 heavy (non-hydrogen) atoms. The van der Waals surface area contributed by atoms with Gasteiger partial charge in [-0.15, -0.1) is 0 Å². The molecule has 0 bridgehead atoms. The van der Waals surface area contributed by atoms with Crippen LogP contribution in [0.5, 0.6) is 0 Å². The number of benzene rings is 1. The van der Waals surface area contributed by atoms with Crippen molar-refractivity contribution < 1.29 is 9.59 Å². The summed E-state index contributed by atoms with van der Waals surface area (Å²) >= 11 is 0. The van der Waals surface area contributed by atoms with Gasteiger partial charge in [0.05, 0.1) is 12.5 Å². The third kappa shape index (κ3) is 5.40. The molecular formula is C15H23N3O2. The van der Waals surface area contributed by atoms with Crippen molar-refractivity contribution in [1.29, 1.82) is 0 Å². The Kier molecular flexibility index (Phi) is 6.18. The summed E-state index contributed by atoms with van der Waals surface area (Å²) in [5.74, 6) is 0.157. The van der Waals surface area contributed by atoms with Crippen LogP contribution in [0.25, 0.3) is 0 Å². The monoisotopic (exact) mass is 277 g/mol. The lowest BCUT2D eigenvalue weighted by atomic mass is 10.0. The Hall–Kier alpha value is -1.88. The van der Waals surface area contributed by atoms with Gasteiger partial charge in [-0.1, -0.05) is 26.0 Å². The maximum Gasteiger partial charge on any atom is 0.241 e. The maximum atomic E-state index is 11.9. The molecule has 4 N–H and O–H groups in total. The van der Waals surface area contributed by atoms with Gasteiger partial charge in [0.2, 0.25) is 11.8 Å². The van der Waals surface area contributed by atoms with Gasteiger partial charge in [0.15, 0.2) is 0 Å². The van der Waals surface area contributed by atoms with Gasteiger partial charge in [0, 0.05) is 12.7 Å². The number of nitrogens with one attached hydrogen (secondary N) is 2. The molecule has 2 amide bonds. The average molecular weight is 277 g/mol. The molecule has 5 heteroatoms. The zero-order valence-electron chi connectivity index (χ0n) is 12.3. The normalized spacial score (nSPS) is 12.1. The lowest BCUT2D eigenvalue weighted by Crippen LogP contribution is -2.36. The molecule has 1 rings (SSSR count). The van der Waals surface area contributed by atoms with Gasteiger partial charge < -0.3 is 16.4 Å². The van der Waals surface area contributed by atoms with Crippen molar-refractivity contribution in [2.75, 3.05) is 12.4 Å². The van der Waals surface area contributed by atoms with Gasteiger partial charge in [-0.3, -0.25) is 9.59 Å². The van der Waals surface area contributed by atoms with Crippen molar-refractivity contribution in [1.82, 2.24) is 5.32 Å². The Balaban J connectivity index is 2.56. The van der Waals surface area contributed by atoms with Crippen LogP contribution in [-0.2, 0) is 16.0 Å². The first-order chi connectivity index (χ1) is 9.42. The number of amides is 2. The Morgan fingerprint density at radius 3 is 2.30 bits per heavy atom. The quantitative estimate of drug-likeness (QED) is 0.732. The summed E-state index contributed by atoms with van der Waals surface area (Å²) in [5.41, 5.74) is 7.40. The molecule has 0 fully saturated rings. The Labute approximate surface area is 119 Å². The van der Waals surface area contributed by atoms with Crippen molar-refractivity contribution in [3.63, 3.8) is 0 Å². The van der Waals surface area contributed by atoms with Crippen molar-refractivity contribution in [2.45, 2.75) is 32.7 Å². The van der Waals surface area contributed by atoms with Gasteiger partial charge in [-0.25, -0.2) is 0 Å². The highest BCUT2D eigenvalue weighted by Crippen LogP contribution is 2.11. The summed E-state index contributed by atoms with van der Waals surface area (Å²) < 4.78 is 0. The molecule has 0 unspecified atom stereocenters. The highest BCUT2D eigenvalue weighted by molar-refractivity contribution is 5.94. The molecule has 5 nitrogen and oxygen atoms in total. The summed E-state index contributed by atoms with van der Waals surface area (Å²) in [7, 11) is 1.60. The summed E-state index contributed by atoms with van der Waals surface area (Å²) in [6.45, 7) is 4.06. The van der Waals surface area contributed by atoms with E-state index in [9.17, 15) is 9.59 Å². The van der Waals surface area contributed by atoms with Crippen molar-refractivity contribution in [3.8, 4) is 0 Å². The van der Waals surface area contributed by atoms with Gasteiger partial charge >= 0.3 is 0 Å². The van der Waals surface area contributed by atoms with Crippen LogP contribution in [-0.4, -0.2) is 24.9 Å². The van der Waals surface area contributed by atoms with Crippen molar-refractivity contribution in [2.24, 2.45) is 11.7 Å². The molecule has 0 spiro atoms. The molecule has 0 radical (unpaired) electrons. The SMILES string of the molecule is CNC(=O)Cc1ccc(NC(=O)[C@H](N)CC(C)C)cc1. The Bertz CT molecular complexity index is 455. The second kappa shape index (κ2) is 7.65. The number of likely N-dealkylation sites (N-methyl/N-ethyl adjacent to an activating group) is 1. The van der Waals surface area contributed by atoms with E-state index in [1.165, 1.54) is 0 Å². The third-order valence-corrected chi connectivity index (χ3v) is 2.93. The topological polar surface area (TPSA) is 84.2 Å². The van der Waals surface area contributed by atoms with Gasteiger partial charge in [0.25, 0.3) is 0 Å². The van der Waals surface area contributed by atoms with E-state index in [-0.39, 0.29) is 11.8 Å². The number of carbonyl (C=O) groups excluding carboxylic acids is 2. The van der Waals surface area contributed by atoms with Crippen LogP contribution in [0.3, 0.4) is 0 Å². The number of carbonyl (C=O) groups is 2. The van der Waals surface area contributed by atoms with E-state index in [2.05, 4.69) is 10.6 Å². The van der Waals surface area contributed by atoms with Gasteiger partial charge in [0.1, 0.15) is 0 Å². The lowest BCUT2D eigenvalue weighted by Gasteiger charge is -2.14. The smallest absolute Gasteiger partial charge is 0.241 e. The molecule has 1 aromatic carbocycles. The number of hydrogen-bond acceptors (Lipinski definition) is 3. The fraction of sp³-hybridized carbons (Fsp3) is 0.467. The molecule has 1 atom stereocenters. The first-order valence-electron chi connectivity index (χ1n) is 6.78. The van der Waals surface area contributed by atoms with Crippen molar-refractivity contribution >= 4 is 17.5 Å². The average Bonchev–Trinajstić information content (AvgIpc) is 2.40. The second-order valence-electron chi connectivity index (χ2n) is 5.27. The number of hydrogen-bond donors (Lipinski definition) is 3. The van der Waals surface area contributed by atoms with Crippen LogP contribution in [0.1, 0.15) is 25.8 Å². The van der Waals surface area contributed by atoms with Gasteiger partial charge in [-0.2, -0.15) is 0 Å². The number of rotatable bonds is 6. The highest BCUT2D eigenvalue weighted by Gasteiger charge is 2.14. The van der Waals surface area contributed by atoms with Crippen LogP contribution in [0, 0.1) is 5.92 Å². The Morgan fingerprint density at radius 2 is 1.80 bits per heavy atom. The van der Waals surface area contributed by atoms with Gasteiger partial charge in [-0.05, 0) is 30.0 Å². The van der Waals surface area contributed by atoms with Crippen LogP contribution < -0.4 is 16.4 Å². The summed E-state index contributed by atoms with van der Waals surface area (Å²) in [4.78, 5) is 23.1. The molecular weight excluding hydrogens is 254 g/mol. The molecule has 1 aromatic rings. The van der Waals surface area contributed by atoms with E-state index < -0.39 is 6.04 Å². The zero-order chi connectivity index (χ0) is 15.1. The first-order valence-corrected chi connectivity index (χ1v) is 6.78. The summed E-state index contributed by atoms with van der Waals surface area (Å²) in [5, 5.41) is 5.35. The van der Waals surface area contributed by atoms with E-state index in [4.69, 9.17) is 5.73 Å². The third-order valence-electron chi connectivity index (χ3n) is 2.93. The van der Waals surface area contributed by atoms with Crippen LogP contribution in [0.4, 0.5) is 5.69 Å². The van der Waals surface area contributed by atoms with Crippen LogP contribution in [0.2, 0.25) is 0 Å². The predicted molar refractivity (Wildman–Crippen MR) is 80.3 cm³/mol. The fourth-order valence-electron chi connectivity index (χ4n) is 1.83. The minimum absolute atomic E-state index is 0.0410. The molecule has 0 saturated carbocycles. The van der Waals surface area contributed by atoms with Crippen LogP contribution >= 0.6 is 0 Å². The van der Waals surface area contributed by atoms with Crippen molar-refractivity contribution in [3.05, 3.63) is 29.8 Å². The molecule has 0 aliphatic rings. The largest absolute Gasteiger partial charge is 0.359 e. The second-order valence-corrected chi connectivity index (χ2v) is 5.27. The standard InChI is InChI=1S/C15H23N3O2/c1-10(2)8-13(16)15(20)18-12-6-4-11(5-7-12)9-14(19)17-3/h4-7,10,13H,8-9,16H2,1-3H3,(H,17,19)(H,18,20)/t13-/m1/s1. The summed E-state index contributed by atoms with van der Waals surface area (Å²) in [6, 6.07) is 6.69. The fourth-order valence-corrected chi connectivity index (χ4v) is 1.83. The maximum absolute atomic E-state index is 11.9. The molecule has 0 aliphatic carbocycles. The minimum atomic E-state index is -0.499. The molecule has 110 valence electrons. The highest BCUT2D eigenvalue weighted by atomic mass is 16.2. The van der Waals surface area contributed by atoms with E-state index in [1.54, 1.807) is 19.2 Å². The van der Waals surface area contributed by atoms with E-state index in [0.717, 1.165) is 5.56 Å². The molecule has 0 heterocycles. The molecule has 0 aromatic heterocycles. The minimum Gasteiger partial charge on any atom is -0.359 e. The molecule has 0 saturated heterocycles. The lowest BCUT2D eigenvalue weighted by molar-refractivity contribution is -0.120. The zero-order valence-corrected chi connectivity index (χ0v) is 12.3. The molecule has 0 aliphatic heterocycles. The van der Waals surface area contributed by atoms with Crippen LogP contribution in [0.15, 0.2) is 24.3 Å². The van der Waals surface area contributed by atoms with E-state index in [1.807, 2.05) is 26.0 Å². The van der Waals surface area contributed by atoms with E-state index >= 15 is 0 Å². The number of anilines is 1. The number of nitrogens with two attached hydrogens (primary N) is 1. The summed E-state index contributed by atoms with van der Waals surface area (Å²) in [6.07, 6.45) is 0.984. The predicted octanol–water partition coefficient (Wildman–Crippen LogP) is 1.29. The first kappa shape index (κ1) is 16.2.